The van der Waals surface area contributed by atoms with Gasteiger partial charge in [-0.05, 0) is 0 Å². The molecule has 0 saturated heterocycles. The number of hydroxylamine groups is 2. The molecule has 0 aromatic carbocycles. The zero-order valence-electron chi connectivity index (χ0n) is 6.53. The summed E-state index contributed by atoms with van der Waals surface area (Å²) in [5, 5.41) is 0.862. The average molecular weight is 248 g/mol. The highest BCUT2D eigenvalue weighted by molar-refractivity contribution is 9.09. The van der Waals surface area contributed by atoms with Gasteiger partial charge in [0.05, 0.1) is 6.42 Å². The quantitative estimate of drug-likeness (QED) is 0.527. The zero-order valence-corrected chi connectivity index (χ0v) is 8.11. The first-order valence-corrected chi connectivity index (χ1v) is 4.60. The molecule has 1 aliphatic rings. The first-order chi connectivity index (χ1) is 6.15. The second kappa shape index (κ2) is 4.18. The van der Waals surface area contributed by atoms with Gasteiger partial charge in [-0.2, -0.15) is 0 Å². The molecule has 0 fully saturated rings. The lowest BCUT2D eigenvalue weighted by molar-refractivity contribution is -0.195. The van der Waals surface area contributed by atoms with Gasteiger partial charge in [0.15, 0.2) is 0 Å². The van der Waals surface area contributed by atoms with Crippen molar-refractivity contribution in [3.63, 3.8) is 0 Å². The minimum absolute atomic E-state index is 0.108. The summed E-state index contributed by atoms with van der Waals surface area (Å²) >= 11 is 3.02. The molecule has 0 unspecified atom stereocenters. The van der Waals surface area contributed by atoms with E-state index in [4.69, 9.17) is 0 Å². The molecule has 2 amide bonds. The van der Waals surface area contributed by atoms with Crippen LogP contribution in [0.2, 0.25) is 0 Å². The summed E-state index contributed by atoms with van der Waals surface area (Å²) < 4.78 is 0. The predicted octanol–water partition coefficient (Wildman–Crippen LogP) is 0.155. The van der Waals surface area contributed by atoms with Crippen LogP contribution in [0.25, 0.3) is 0 Å². The van der Waals surface area contributed by atoms with Crippen molar-refractivity contribution >= 4 is 33.7 Å². The van der Waals surface area contributed by atoms with Crippen molar-refractivity contribution in [2.24, 2.45) is 0 Å². The maximum absolute atomic E-state index is 10.9. The summed E-state index contributed by atoms with van der Waals surface area (Å²) in [4.78, 5) is 37.1. The molecule has 1 heterocycles. The molecule has 13 heavy (non-hydrogen) atoms. The molecule has 0 aromatic heterocycles. The largest absolute Gasteiger partial charge is 0.334 e. The SMILES string of the molecule is O=C(CCBr)ON1C(=O)C=CC1=O. The van der Waals surface area contributed by atoms with Gasteiger partial charge in [-0.25, -0.2) is 4.79 Å². The van der Waals surface area contributed by atoms with Crippen LogP contribution in [0.3, 0.4) is 0 Å². The zero-order chi connectivity index (χ0) is 9.84. The average Bonchev–Trinajstić information content (AvgIpc) is 2.36. The minimum Gasteiger partial charge on any atom is -0.330 e. The molecule has 0 radical (unpaired) electrons. The maximum atomic E-state index is 10.9. The van der Waals surface area contributed by atoms with Crippen molar-refractivity contribution in [3.05, 3.63) is 12.2 Å². The van der Waals surface area contributed by atoms with E-state index >= 15 is 0 Å². The Kier molecular flexibility index (Phi) is 3.18. The summed E-state index contributed by atoms with van der Waals surface area (Å²) in [7, 11) is 0. The summed E-state index contributed by atoms with van der Waals surface area (Å²) in [6, 6.07) is 0. The Morgan fingerprint density at radius 1 is 1.38 bits per heavy atom. The number of carbonyl (C=O) groups is 3. The van der Waals surface area contributed by atoms with Crippen molar-refractivity contribution < 1.29 is 19.2 Å². The van der Waals surface area contributed by atoms with Gasteiger partial charge in [0.25, 0.3) is 11.8 Å². The van der Waals surface area contributed by atoms with Gasteiger partial charge in [-0.3, -0.25) is 9.59 Å². The minimum atomic E-state index is -0.632. The monoisotopic (exact) mass is 247 g/mol. The first-order valence-electron chi connectivity index (χ1n) is 3.48. The van der Waals surface area contributed by atoms with E-state index in [0.29, 0.717) is 10.4 Å². The van der Waals surface area contributed by atoms with Crippen LogP contribution in [0.5, 0.6) is 0 Å². The van der Waals surface area contributed by atoms with Gasteiger partial charge in [0, 0.05) is 17.5 Å². The number of halogens is 1. The number of carbonyl (C=O) groups excluding carboxylic acids is 3. The molecule has 0 aliphatic carbocycles. The van der Waals surface area contributed by atoms with Crippen LogP contribution in [-0.2, 0) is 19.2 Å². The lowest BCUT2D eigenvalue weighted by Crippen LogP contribution is -2.32. The lowest BCUT2D eigenvalue weighted by atomic mass is 10.5. The second-order valence-electron chi connectivity index (χ2n) is 2.21. The fourth-order valence-electron chi connectivity index (χ4n) is 0.701. The van der Waals surface area contributed by atoms with E-state index in [1.54, 1.807) is 0 Å². The number of nitrogens with zero attached hydrogens (tertiary/aromatic N) is 1. The third kappa shape index (κ3) is 2.38. The van der Waals surface area contributed by atoms with Crippen molar-refractivity contribution in [2.45, 2.75) is 6.42 Å². The smallest absolute Gasteiger partial charge is 0.330 e. The van der Waals surface area contributed by atoms with Crippen molar-refractivity contribution in [2.75, 3.05) is 5.33 Å². The Hall–Kier alpha value is -1.17. The van der Waals surface area contributed by atoms with Gasteiger partial charge < -0.3 is 4.84 Å². The molecule has 6 heteroatoms. The number of rotatable bonds is 3. The summed E-state index contributed by atoms with van der Waals surface area (Å²) in [6.45, 7) is 0. The Morgan fingerprint density at radius 3 is 2.38 bits per heavy atom. The number of hydrogen-bond donors (Lipinski definition) is 0. The van der Waals surface area contributed by atoms with Crippen LogP contribution < -0.4 is 0 Å². The van der Waals surface area contributed by atoms with E-state index in [1.807, 2.05) is 0 Å². The molecular weight excluding hydrogens is 242 g/mol. The highest BCUT2D eigenvalue weighted by Crippen LogP contribution is 2.05. The van der Waals surface area contributed by atoms with E-state index in [2.05, 4.69) is 20.8 Å². The normalized spacial score (nSPS) is 15.3. The van der Waals surface area contributed by atoms with E-state index in [-0.39, 0.29) is 6.42 Å². The number of imide groups is 1. The van der Waals surface area contributed by atoms with Crippen LogP contribution in [0, 0.1) is 0 Å². The van der Waals surface area contributed by atoms with Gasteiger partial charge in [0.2, 0.25) is 0 Å². The number of hydrogen-bond acceptors (Lipinski definition) is 4. The molecular formula is C7H6BrNO4. The molecule has 1 aliphatic heterocycles. The standard InChI is InChI=1S/C7H6BrNO4/c8-4-3-7(12)13-9-5(10)1-2-6(9)11/h1-2H,3-4H2. The molecule has 5 nitrogen and oxygen atoms in total. The fraction of sp³-hybridized carbons (Fsp3) is 0.286. The van der Waals surface area contributed by atoms with Crippen LogP contribution in [0.15, 0.2) is 12.2 Å². The number of amides is 2. The molecule has 0 bridgehead atoms. The van der Waals surface area contributed by atoms with Gasteiger partial charge in [0.1, 0.15) is 0 Å². The van der Waals surface area contributed by atoms with Crippen molar-refractivity contribution in [1.82, 2.24) is 5.06 Å². The van der Waals surface area contributed by atoms with Crippen LogP contribution in [0.1, 0.15) is 6.42 Å². The molecule has 0 spiro atoms. The van der Waals surface area contributed by atoms with Gasteiger partial charge in [-0.1, -0.05) is 21.0 Å². The third-order valence-electron chi connectivity index (χ3n) is 1.26. The Morgan fingerprint density at radius 2 is 1.92 bits per heavy atom. The predicted molar refractivity (Wildman–Crippen MR) is 45.5 cm³/mol. The van der Waals surface area contributed by atoms with E-state index in [0.717, 1.165) is 12.2 Å². The fourth-order valence-corrected chi connectivity index (χ4v) is 1.02. The molecule has 1 rings (SSSR count). The molecule has 0 aromatic rings. The van der Waals surface area contributed by atoms with Crippen LogP contribution in [-0.4, -0.2) is 28.2 Å². The van der Waals surface area contributed by atoms with Crippen molar-refractivity contribution in [1.29, 1.82) is 0 Å². The Bertz CT molecular complexity index is 268. The van der Waals surface area contributed by atoms with Crippen molar-refractivity contribution in [3.8, 4) is 0 Å². The molecule has 70 valence electrons. The molecule has 0 saturated carbocycles. The maximum Gasteiger partial charge on any atom is 0.334 e. The molecule has 0 atom stereocenters. The first kappa shape index (κ1) is 9.91. The summed E-state index contributed by atoms with van der Waals surface area (Å²) in [5.74, 6) is -1.89. The Balaban J connectivity index is 2.50. The van der Waals surface area contributed by atoms with E-state index < -0.39 is 17.8 Å². The summed E-state index contributed by atoms with van der Waals surface area (Å²) in [6.07, 6.45) is 2.20. The van der Waals surface area contributed by atoms with Gasteiger partial charge in [-0.15, -0.1) is 0 Å². The number of alkyl halides is 1. The van der Waals surface area contributed by atoms with Crippen LogP contribution >= 0.6 is 15.9 Å². The lowest BCUT2D eigenvalue weighted by Gasteiger charge is -2.11. The van der Waals surface area contributed by atoms with E-state index in [9.17, 15) is 14.4 Å². The van der Waals surface area contributed by atoms with Crippen LogP contribution in [0.4, 0.5) is 0 Å². The van der Waals surface area contributed by atoms with Gasteiger partial charge >= 0.3 is 5.97 Å². The molecule has 0 N–H and O–H groups in total. The highest BCUT2D eigenvalue weighted by atomic mass is 79.9. The highest BCUT2D eigenvalue weighted by Gasteiger charge is 2.27. The summed E-state index contributed by atoms with van der Waals surface area (Å²) in [5.41, 5.74) is 0. The second-order valence-corrected chi connectivity index (χ2v) is 3.00. The topological polar surface area (TPSA) is 63.7 Å². The third-order valence-corrected chi connectivity index (χ3v) is 1.66. The van der Waals surface area contributed by atoms with E-state index in [1.165, 1.54) is 0 Å². The Labute approximate surface area is 82.4 Å².